The van der Waals surface area contributed by atoms with Crippen LogP contribution in [-0.2, 0) is 19.5 Å². The van der Waals surface area contributed by atoms with Gasteiger partial charge in [0.15, 0.2) is 0 Å². The van der Waals surface area contributed by atoms with E-state index in [1.165, 1.54) is 5.56 Å². The number of nitrogens with zero attached hydrogens (tertiary/aromatic N) is 2. The molecule has 4 N–H and O–H groups in total. The van der Waals surface area contributed by atoms with Crippen LogP contribution in [0.25, 0.3) is 0 Å². The second kappa shape index (κ2) is 5.65. The van der Waals surface area contributed by atoms with Gasteiger partial charge in [0.2, 0.25) is 5.88 Å². The van der Waals surface area contributed by atoms with E-state index in [0.717, 1.165) is 13.1 Å². The van der Waals surface area contributed by atoms with Crippen LogP contribution in [0.2, 0.25) is 0 Å². The first-order valence-electron chi connectivity index (χ1n) is 7.06. The number of hydrogen-bond donors (Lipinski definition) is 3. The van der Waals surface area contributed by atoms with E-state index < -0.39 is 11.8 Å². The van der Waals surface area contributed by atoms with Crippen LogP contribution in [0.3, 0.4) is 0 Å². The van der Waals surface area contributed by atoms with Crippen LogP contribution in [0.15, 0.2) is 30.3 Å². The molecular formula is C16H17N3O3. The summed E-state index contributed by atoms with van der Waals surface area (Å²) in [6, 6.07) is 10.0. The molecule has 2 aromatic rings. The molecule has 1 aliphatic rings. The highest BCUT2D eigenvalue weighted by atomic mass is 16.3. The van der Waals surface area contributed by atoms with Gasteiger partial charge in [-0.25, -0.2) is 4.98 Å². The molecule has 6 heteroatoms. The Balaban J connectivity index is 1.86. The van der Waals surface area contributed by atoms with Crippen molar-refractivity contribution in [3.05, 3.63) is 52.7 Å². The molecule has 6 nitrogen and oxygen atoms in total. The maximum absolute atomic E-state index is 11.3. The standard InChI is InChI=1S/C16H17N3O3/c17-15(21)13-14(20)11-6-7-19(9-12(11)18-16(13)22)8-10-4-2-1-3-5-10/h1-5H,6-9H2,(H2,17,21)(H2,18,20,22). The first kappa shape index (κ1) is 14.3. The Labute approximate surface area is 127 Å². The first-order chi connectivity index (χ1) is 10.6. The number of nitrogens with two attached hydrogens (primary N) is 1. The van der Waals surface area contributed by atoms with Gasteiger partial charge < -0.3 is 15.9 Å². The van der Waals surface area contributed by atoms with Gasteiger partial charge in [0.25, 0.3) is 5.91 Å². The number of rotatable bonds is 3. The fraction of sp³-hybridized carbons (Fsp3) is 0.250. The molecule has 0 saturated carbocycles. The van der Waals surface area contributed by atoms with Gasteiger partial charge in [-0.3, -0.25) is 9.69 Å². The highest BCUT2D eigenvalue weighted by molar-refractivity contribution is 5.98. The van der Waals surface area contributed by atoms with Crippen LogP contribution in [0, 0.1) is 0 Å². The van der Waals surface area contributed by atoms with E-state index in [9.17, 15) is 15.0 Å². The lowest BCUT2D eigenvalue weighted by Crippen LogP contribution is -2.31. The Hall–Kier alpha value is -2.60. The average molecular weight is 299 g/mol. The molecular weight excluding hydrogens is 282 g/mol. The Morgan fingerprint density at radius 1 is 1.27 bits per heavy atom. The van der Waals surface area contributed by atoms with E-state index >= 15 is 0 Å². The number of fused-ring (bicyclic) bond motifs is 1. The van der Waals surface area contributed by atoms with Gasteiger partial charge in [-0.1, -0.05) is 30.3 Å². The van der Waals surface area contributed by atoms with Crippen LogP contribution in [-0.4, -0.2) is 32.5 Å². The lowest BCUT2D eigenvalue weighted by atomic mass is 10.00. The van der Waals surface area contributed by atoms with E-state index in [0.29, 0.717) is 24.2 Å². The SMILES string of the molecule is NC(=O)c1c(O)nc2c(c1O)CCN(Cc1ccccc1)C2. The highest BCUT2D eigenvalue weighted by Crippen LogP contribution is 2.34. The van der Waals surface area contributed by atoms with Crippen molar-refractivity contribution in [3.8, 4) is 11.6 Å². The second-order valence-corrected chi connectivity index (χ2v) is 5.39. The van der Waals surface area contributed by atoms with E-state index in [4.69, 9.17) is 5.73 Å². The van der Waals surface area contributed by atoms with Crippen molar-refractivity contribution in [1.82, 2.24) is 9.88 Å². The molecule has 0 saturated heterocycles. The predicted octanol–water partition coefficient (Wildman–Crippen LogP) is 1.15. The second-order valence-electron chi connectivity index (χ2n) is 5.39. The number of carbonyl (C=O) groups excluding carboxylic acids is 1. The smallest absolute Gasteiger partial charge is 0.258 e. The molecule has 1 aromatic heterocycles. The Kier molecular flexibility index (Phi) is 3.68. The number of aromatic hydroxyl groups is 2. The maximum atomic E-state index is 11.3. The molecule has 1 aliphatic heterocycles. The van der Waals surface area contributed by atoms with Crippen LogP contribution >= 0.6 is 0 Å². The predicted molar refractivity (Wildman–Crippen MR) is 80.3 cm³/mol. The molecule has 0 atom stereocenters. The summed E-state index contributed by atoms with van der Waals surface area (Å²) in [5.41, 5.74) is 7.24. The third-order valence-corrected chi connectivity index (χ3v) is 3.88. The molecule has 0 unspecified atom stereocenters. The van der Waals surface area contributed by atoms with E-state index in [1.807, 2.05) is 30.3 Å². The zero-order valence-electron chi connectivity index (χ0n) is 12.0. The van der Waals surface area contributed by atoms with Crippen molar-refractivity contribution in [2.24, 2.45) is 5.73 Å². The molecule has 114 valence electrons. The summed E-state index contributed by atoms with van der Waals surface area (Å²) in [5, 5.41) is 19.9. The normalized spacial score (nSPS) is 14.5. The van der Waals surface area contributed by atoms with Gasteiger partial charge in [0.1, 0.15) is 11.3 Å². The summed E-state index contributed by atoms with van der Waals surface area (Å²) in [5.74, 6) is -1.63. The number of primary amides is 1. The van der Waals surface area contributed by atoms with E-state index in [1.54, 1.807) is 0 Å². The van der Waals surface area contributed by atoms with Crippen LogP contribution in [0.1, 0.15) is 27.2 Å². The van der Waals surface area contributed by atoms with Crippen LogP contribution in [0.4, 0.5) is 0 Å². The molecule has 1 amide bonds. The van der Waals surface area contributed by atoms with Gasteiger partial charge in [0.05, 0.1) is 5.69 Å². The molecule has 2 heterocycles. The fourth-order valence-electron chi connectivity index (χ4n) is 2.80. The summed E-state index contributed by atoms with van der Waals surface area (Å²) >= 11 is 0. The fourth-order valence-corrected chi connectivity index (χ4v) is 2.80. The minimum absolute atomic E-state index is 0.241. The molecule has 0 fully saturated rings. The van der Waals surface area contributed by atoms with Gasteiger partial charge >= 0.3 is 0 Å². The Morgan fingerprint density at radius 3 is 2.68 bits per heavy atom. The van der Waals surface area contributed by atoms with Crippen molar-refractivity contribution in [2.45, 2.75) is 19.5 Å². The number of carbonyl (C=O) groups is 1. The molecule has 0 radical (unpaired) electrons. The lowest BCUT2D eigenvalue weighted by Gasteiger charge is -2.29. The summed E-state index contributed by atoms with van der Waals surface area (Å²) in [7, 11) is 0. The van der Waals surface area contributed by atoms with E-state index in [-0.39, 0.29) is 11.3 Å². The third-order valence-electron chi connectivity index (χ3n) is 3.88. The Bertz CT molecular complexity index is 716. The number of amides is 1. The zero-order chi connectivity index (χ0) is 15.7. The minimum atomic E-state index is -0.878. The first-order valence-corrected chi connectivity index (χ1v) is 7.06. The third kappa shape index (κ3) is 2.60. The lowest BCUT2D eigenvalue weighted by molar-refractivity contribution is 0.0993. The summed E-state index contributed by atoms with van der Waals surface area (Å²) in [6.07, 6.45) is 0.557. The number of benzene rings is 1. The van der Waals surface area contributed by atoms with Gasteiger partial charge in [-0.15, -0.1) is 0 Å². The quantitative estimate of drug-likeness (QED) is 0.789. The van der Waals surface area contributed by atoms with Crippen LogP contribution in [0.5, 0.6) is 11.6 Å². The van der Waals surface area contributed by atoms with Crippen LogP contribution < -0.4 is 5.73 Å². The minimum Gasteiger partial charge on any atom is -0.507 e. The number of pyridine rings is 1. The van der Waals surface area contributed by atoms with Gasteiger partial charge in [0, 0.05) is 25.2 Å². The van der Waals surface area contributed by atoms with Crippen molar-refractivity contribution in [3.63, 3.8) is 0 Å². The summed E-state index contributed by atoms with van der Waals surface area (Å²) in [6.45, 7) is 2.01. The Morgan fingerprint density at radius 2 is 2.00 bits per heavy atom. The number of hydrogen-bond acceptors (Lipinski definition) is 5. The molecule has 0 bridgehead atoms. The van der Waals surface area contributed by atoms with Gasteiger partial charge in [-0.2, -0.15) is 0 Å². The largest absolute Gasteiger partial charge is 0.507 e. The topological polar surface area (TPSA) is 99.7 Å². The van der Waals surface area contributed by atoms with Crippen molar-refractivity contribution in [1.29, 1.82) is 0 Å². The molecule has 22 heavy (non-hydrogen) atoms. The molecule has 3 rings (SSSR count). The summed E-state index contributed by atoms with van der Waals surface area (Å²) in [4.78, 5) is 17.5. The molecule has 0 spiro atoms. The highest BCUT2D eigenvalue weighted by Gasteiger charge is 2.26. The maximum Gasteiger partial charge on any atom is 0.258 e. The molecule has 1 aromatic carbocycles. The van der Waals surface area contributed by atoms with Crippen molar-refractivity contribution < 1.29 is 15.0 Å². The van der Waals surface area contributed by atoms with Crippen molar-refractivity contribution >= 4 is 5.91 Å². The average Bonchev–Trinajstić information content (AvgIpc) is 2.47. The van der Waals surface area contributed by atoms with Crippen molar-refractivity contribution in [2.75, 3.05) is 6.54 Å². The van der Waals surface area contributed by atoms with Gasteiger partial charge in [-0.05, 0) is 12.0 Å². The van der Waals surface area contributed by atoms with E-state index in [2.05, 4.69) is 9.88 Å². The monoisotopic (exact) mass is 299 g/mol. The number of aromatic nitrogens is 1. The zero-order valence-corrected chi connectivity index (χ0v) is 12.0. The molecule has 0 aliphatic carbocycles. The summed E-state index contributed by atoms with van der Waals surface area (Å²) < 4.78 is 0.